The van der Waals surface area contributed by atoms with Crippen LogP contribution in [0.25, 0.3) is 0 Å². The summed E-state index contributed by atoms with van der Waals surface area (Å²) >= 11 is 0. The average molecular weight is 633 g/mol. The lowest BCUT2D eigenvalue weighted by atomic mass is 9.97. The fourth-order valence-electron chi connectivity index (χ4n) is 7.75. The summed E-state index contributed by atoms with van der Waals surface area (Å²) in [6.45, 7) is 6.47. The van der Waals surface area contributed by atoms with Crippen LogP contribution in [-0.4, -0.2) is 109 Å². The van der Waals surface area contributed by atoms with Gasteiger partial charge in [-0.15, -0.1) is 0 Å². The molecule has 1 saturated carbocycles. The molecule has 2 saturated heterocycles. The number of methoxy groups -OCH3 is 1. The van der Waals surface area contributed by atoms with Gasteiger partial charge in [0.1, 0.15) is 23.8 Å². The molecule has 0 unspecified atom stereocenters. The van der Waals surface area contributed by atoms with Gasteiger partial charge < -0.3 is 34.9 Å². The first kappa shape index (κ1) is 32.2. The average Bonchev–Trinajstić information content (AvgIpc) is 3.62. The highest BCUT2D eigenvalue weighted by Gasteiger charge is 2.41. The lowest BCUT2D eigenvalue weighted by Gasteiger charge is -2.43. The van der Waals surface area contributed by atoms with Crippen molar-refractivity contribution in [2.75, 3.05) is 62.0 Å². The number of aldehydes is 1. The maximum atomic E-state index is 13.3. The predicted octanol–water partition coefficient (Wildman–Crippen LogP) is 3.59. The van der Waals surface area contributed by atoms with Crippen LogP contribution in [0.5, 0.6) is 5.75 Å². The number of hydrogen-bond acceptors (Lipinski definition) is 10. The minimum atomic E-state index is -0.240. The number of rotatable bonds is 10. The predicted molar refractivity (Wildman–Crippen MR) is 178 cm³/mol. The fourth-order valence-corrected chi connectivity index (χ4v) is 7.75. The summed E-state index contributed by atoms with van der Waals surface area (Å²) < 4.78 is 5.69. The molecule has 0 bridgehead atoms. The number of fused-ring (bicyclic) bond motifs is 1. The molecular weight excluding hydrogens is 584 g/mol. The van der Waals surface area contributed by atoms with Crippen LogP contribution in [0.3, 0.4) is 0 Å². The Kier molecular flexibility index (Phi) is 10.0. The minimum Gasteiger partial charge on any atom is -0.495 e. The van der Waals surface area contributed by atoms with Crippen LogP contribution in [0.4, 0.5) is 23.1 Å². The number of amides is 2. The standard InChI is InChI=1S/C34H48N8O4/c1-4-28-33(45)39(2)29-22-35-34(38-31(29)42(28)26-7-5-6-8-26)37-27-10-9-23(21-30(27)46-3)32(44)36-24-11-17-41(18-12-24)25-13-15-40(16-14-25)19-20-43/h9-10,20-22,24-26,28H,4-8,11-19H2,1-3H3,(H,36,44)(H,35,37,38)/t28-/m1/s1. The number of aromatic nitrogens is 2. The lowest BCUT2D eigenvalue weighted by Crippen LogP contribution is -2.55. The maximum Gasteiger partial charge on any atom is 0.251 e. The first-order valence-corrected chi connectivity index (χ1v) is 17.0. The monoisotopic (exact) mass is 632 g/mol. The number of likely N-dealkylation sites (N-methyl/N-ethyl adjacent to an activating group) is 1. The van der Waals surface area contributed by atoms with Gasteiger partial charge in [-0.1, -0.05) is 19.8 Å². The van der Waals surface area contributed by atoms with Crippen LogP contribution >= 0.6 is 0 Å². The van der Waals surface area contributed by atoms with Crippen molar-refractivity contribution in [3.05, 3.63) is 30.0 Å². The third-order valence-electron chi connectivity index (χ3n) is 10.4. The highest BCUT2D eigenvalue weighted by molar-refractivity contribution is 6.04. The summed E-state index contributed by atoms with van der Waals surface area (Å²) in [6.07, 6.45) is 11.9. The normalized spacial score (nSPS) is 22.2. The van der Waals surface area contributed by atoms with Crippen molar-refractivity contribution in [1.82, 2.24) is 25.1 Å². The summed E-state index contributed by atoms with van der Waals surface area (Å²) in [5.74, 6) is 1.69. The van der Waals surface area contributed by atoms with E-state index in [1.165, 1.54) is 0 Å². The smallest absolute Gasteiger partial charge is 0.251 e. The Morgan fingerprint density at radius 3 is 2.46 bits per heavy atom. The molecule has 6 rings (SSSR count). The van der Waals surface area contributed by atoms with E-state index in [2.05, 4.69) is 37.2 Å². The number of likely N-dealkylation sites (tertiary alicyclic amines) is 2. The van der Waals surface area contributed by atoms with Crippen molar-refractivity contribution in [3.63, 3.8) is 0 Å². The van der Waals surface area contributed by atoms with Crippen molar-refractivity contribution in [2.45, 2.75) is 88.9 Å². The second kappa shape index (κ2) is 14.3. The molecule has 2 N–H and O–H groups in total. The third kappa shape index (κ3) is 6.69. The van der Waals surface area contributed by atoms with Gasteiger partial charge in [-0.25, -0.2) is 4.98 Å². The first-order valence-electron chi connectivity index (χ1n) is 17.0. The highest BCUT2D eigenvalue weighted by Crippen LogP contribution is 2.40. The Morgan fingerprint density at radius 1 is 1.04 bits per heavy atom. The third-order valence-corrected chi connectivity index (χ3v) is 10.4. The molecule has 4 heterocycles. The molecule has 12 heteroatoms. The van der Waals surface area contributed by atoms with Crippen LogP contribution in [0, 0.1) is 0 Å². The van der Waals surface area contributed by atoms with Crippen LogP contribution in [-0.2, 0) is 9.59 Å². The van der Waals surface area contributed by atoms with Gasteiger partial charge in [-0.2, -0.15) is 4.98 Å². The Balaban J connectivity index is 1.09. The molecule has 1 atom stereocenters. The van der Waals surface area contributed by atoms with E-state index in [-0.39, 0.29) is 29.9 Å². The molecule has 1 aliphatic carbocycles. The Labute approximate surface area is 271 Å². The molecule has 3 fully saturated rings. The van der Waals surface area contributed by atoms with Gasteiger partial charge in [0.25, 0.3) is 5.91 Å². The molecule has 2 aromatic rings. The number of ether oxygens (including phenoxy) is 1. The fraction of sp³-hybridized carbons (Fsp3) is 0.618. The molecule has 12 nitrogen and oxygen atoms in total. The van der Waals surface area contributed by atoms with Gasteiger partial charge in [0.05, 0.1) is 25.5 Å². The molecule has 2 amide bonds. The van der Waals surface area contributed by atoms with Crippen LogP contribution in [0.1, 0.15) is 75.1 Å². The quantitative estimate of drug-likeness (QED) is 0.376. The lowest BCUT2D eigenvalue weighted by molar-refractivity contribution is -0.120. The first-order chi connectivity index (χ1) is 22.4. The SMILES string of the molecule is CC[C@@H]1C(=O)N(C)c2cnc(Nc3ccc(C(=O)NC4CCN(C5CCN(CC=O)CC5)CC4)cc3OC)nc2N1C1CCCC1. The zero-order chi connectivity index (χ0) is 32.2. The number of carbonyl (C=O) groups excluding carboxylic acids is 3. The number of hydrogen-bond donors (Lipinski definition) is 2. The number of piperidine rings is 2. The topological polar surface area (TPSA) is 123 Å². The number of carbonyl (C=O) groups is 3. The van der Waals surface area contributed by atoms with Crippen molar-refractivity contribution in [2.24, 2.45) is 0 Å². The number of benzene rings is 1. The van der Waals surface area contributed by atoms with Crippen LogP contribution < -0.4 is 25.2 Å². The summed E-state index contributed by atoms with van der Waals surface area (Å²) in [7, 11) is 3.38. The molecule has 3 aliphatic heterocycles. The Hall–Kier alpha value is -3.77. The zero-order valence-electron chi connectivity index (χ0n) is 27.4. The molecule has 4 aliphatic rings. The van der Waals surface area contributed by atoms with Gasteiger partial charge >= 0.3 is 0 Å². The van der Waals surface area contributed by atoms with Crippen molar-refractivity contribution < 1.29 is 19.1 Å². The Morgan fingerprint density at radius 2 is 1.78 bits per heavy atom. The summed E-state index contributed by atoms with van der Waals surface area (Å²) in [6, 6.07) is 6.12. The van der Waals surface area contributed by atoms with E-state index in [9.17, 15) is 14.4 Å². The summed E-state index contributed by atoms with van der Waals surface area (Å²) in [4.78, 5) is 55.5. The molecule has 0 spiro atoms. The second-order valence-electron chi connectivity index (χ2n) is 13.1. The van der Waals surface area contributed by atoms with E-state index in [4.69, 9.17) is 9.72 Å². The highest BCUT2D eigenvalue weighted by atomic mass is 16.5. The van der Waals surface area contributed by atoms with Crippen molar-refractivity contribution >= 4 is 41.2 Å². The summed E-state index contributed by atoms with van der Waals surface area (Å²) in [5.41, 5.74) is 1.92. The Bertz CT molecular complexity index is 1400. The molecule has 248 valence electrons. The van der Waals surface area contributed by atoms with E-state index in [0.29, 0.717) is 42.0 Å². The number of nitrogens with zero attached hydrogens (tertiary/aromatic N) is 6. The molecule has 1 aromatic carbocycles. The van der Waals surface area contributed by atoms with Gasteiger partial charge in [-0.05, 0) is 63.1 Å². The molecule has 1 aromatic heterocycles. The van der Waals surface area contributed by atoms with E-state index < -0.39 is 0 Å². The summed E-state index contributed by atoms with van der Waals surface area (Å²) in [5, 5.41) is 6.54. The van der Waals surface area contributed by atoms with E-state index in [1.807, 2.05) is 6.07 Å². The van der Waals surface area contributed by atoms with Crippen molar-refractivity contribution in [1.29, 1.82) is 0 Å². The van der Waals surface area contributed by atoms with Gasteiger partial charge in [0.2, 0.25) is 11.9 Å². The maximum absolute atomic E-state index is 13.3. The molecular formula is C34H48N8O4. The van der Waals surface area contributed by atoms with Gasteiger partial charge in [0.15, 0.2) is 5.82 Å². The van der Waals surface area contributed by atoms with E-state index in [0.717, 1.165) is 95.3 Å². The second-order valence-corrected chi connectivity index (χ2v) is 13.1. The molecule has 46 heavy (non-hydrogen) atoms. The largest absolute Gasteiger partial charge is 0.495 e. The van der Waals surface area contributed by atoms with Gasteiger partial charge in [-0.3, -0.25) is 14.5 Å². The van der Waals surface area contributed by atoms with Crippen LogP contribution in [0.2, 0.25) is 0 Å². The van der Waals surface area contributed by atoms with Crippen LogP contribution in [0.15, 0.2) is 24.4 Å². The van der Waals surface area contributed by atoms with E-state index in [1.54, 1.807) is 37.4 Å². The number of nitrogens with one attached hydrogen (secondary N) is 2. The molecule has 0 radical (unpaired) electrons. The zero-order valence-corrected chi connectivity index (χ0v) is 27.4. The number of anilines is 4. The van der Waals surface area contributed by atoms with E-state index >= 15 is 0 Å². The van der Waals surface area contributed by atoms with Gasteiger partial charge in [0, 0.05) is 56.9 Å². The van der Waals surface area contributed by atoms with Crippen molar-refractivity contribution in [3.8, 4) is 5.75 Å². The minimum absolute atomic E-state index is 0.0833.